The van der Waals surface area contributed by atoms with Crippen molar-refractivity contribution >= 4 is 16.7 Å². The quantitative estimate of drug-likeness (QED) is 0.679. The van der Waals surface area contributed by atoms with Crippen LogP contribution in [0.1, 0.15) is 50.0 Å². The Morgan fingerprint density at radius 2 is 1.76 bits per heavy atom. The van der Waals surface area contributed by atoms with Crippen molar-refractivity contribution in [2.45, 2.75) is 52.5 Å². The number of rotatable bonds is 4. The Kier molecular flexibility index (Phi) is 5.26. The molecule has 1 saturated heterocycles. The summed E-state index contributed by atoms with van der Waals surface area (Å²) in [6, 6.07) is 9.15. The standard InChI is InChI=1S/C23H28N4O2/c1-4-20(22(28)25-13-9-6-10-14-25)26-16(2)19-15-24-27(18-11-7-5-8-12-18)23(29)21(19)17(26)3/h5,7-8,11-12,15,20H,4,6,9-10,13-14H2,1-3H3. The molecule has 0 radical (unpaired) electrons. The number of para-hydroxylation sites is 1. The van der Waals surface area contributed by atoms with Gasteiger partial charge in [-0.05, 0) is 51.7 Å². The largest absolute Gasteiger partial charge is 0.341 e. The highest BCUT2D eigenvalue weighted by atomic mass is 16.2. The molecule has 29 heavy (non-hydrogen) atoms. The molecule has 152 valence electrons. The number of amides is 1. The molecule has 0 spiro atoms. The molecule has 1 fully saturated rings. The summed E-state index contributed by atoms with van der Waals surface area (Å²) in [6.07, 6.45) is 5.77. The van der Waals surface area contributed by atoms with E-state index >= 15 is 0 Å². The smallest absolute Gasteiger partial charge is 0.281 e. The topological polar surface area (TPSA) is 60.1 Å². The minimum atomic E-state index is -0.287. The van der Waals surface area contributed by atoms with Gasteiger partial charge in [-0.3, -0.25) is 9.59 Å². The van der Waals surface area contributed by atoms with Gasteiger partial charge in [-0.2, -0.15) is 9.78 Å². The number of carbonyl (C=O) groups excluding carboxylic acids is 1. The lowest BCUT2D eigenvalue weighted by atomic mass is 10.1. The lowest BCUT2D eigenvalue weighted by Crippen LogP contribution is -2.40. The molecule has 3 heterocycles. The van der Waals surface area contributed by atoms with E-state index in [1.165, 1.54) is 11.1 Å². The van der Waals surface area contributed by atoms with Gasteiger partial charge in [0.1, 0.15) is 6.04 Å². The summed E-state index contributed by atoms with van der Waals surface area (Å²) >= 11 is 0. The minimum Gasteiger partial charge on any atom is -0.341 e. The van der Waals surface area contributed by atoms with Gasteiger partial charge in [-0.15, -0.1) is 0 Å². The van der Waals surface area contributed by atoms with Gasteiger partial charge in [0.25, 0.3) is 5.56 Å². The molecule has 0 bridgehead atoms. The maximum absolute atomic E-state index is 13.3. The molecule has 1 aromatic carbocycles. The van der Waals surface area contributed by atoms with Gasteiger partial charge in [0.05, 0.1) is 17.3 Å². The van der Waals surface area contributed by atoms with E-state index < -0.39 is 0 Å². The Morgan fingerprint density at radius 1 is 1.07 bits per heavy atom. The van der Waals surface area contributed by atoms with Crippen LogP contribution in [-0.4, -0.2) is 38.2 Å². The number of aromatic nitrogens is 3. The number of benzene rings is 1. The molecule has 6 nitrogen and oxygen atoms in total. The summed E-state index contributed by atoms with van der Waals surface area (Å²) in [6.45, 7) is 7.62. The zero-order chi connectivity index (χ0) is 20.5. The van der Waals surface area contributed by atoms with Crippen molar-refractivity contribution in [1.29, 1.82) is 0 Å². The summed E-state index contributed by atoms with van der Waals surface area (Å²) in [5, 5.41) is 5.88. The Labute approximate surface area is 170 Å². The van der Waals surface area contributed by atoms with E-state index in [-0.39, 0.29) is 17.5 Å². The van der Waals surface area contributed by atoms with Gasteiger partial charge in [0, 0.05) is 29.9 Å². The number of fused-ring (bicyclic) bond motifs is 1. The van der Waals surface area contributed by atoms with E-state index in [0.29, 0.717) is 11.8 Å². The zero-order valence-electron chi connectivity index (χ0n) is 17.4. The van der Waals surface area contributed by atoms with Crippen LogP contribution in [0.2, 0.25) is 0 Å². The molecule has 4 rings (SSSR count). The van der Waals surface area contributed by atoms with Crippen molar-refractivity contribution in [3.63, 3.8) is 0 Å². The van der Waals surface area contributed by atoms with Gasteiger partial charge in [-0.25, -0.2) is 0 Å². The first-order valence-electron chi connectivity index (χ1n) is 10.5. The van der Waals surface area contributed by atoms with Crippen LogP contribution in [0.15, 0.2) is 41.3 Å². The molecular formula is C23H28N4O2. The SMILES string of the molecule is CCC(C(=O)N1CCCCC1)n1c(C)c2cnn(-c3ccccc3)c(=O)c2c1C. The fourth-order valence-corrected chi connectivity index (χ4v) is 4.59. The summed E-state index contributed by atoms with van der Waals surface area (Å²) in [7, 11) is 0. The third-order valence-corrected chi connectivity index (χ3v) is 6.10. The molecule has 6 heteroatoms. The number of carbonyl (C=O) groups is 1. The third kappa shape index (κ3) is 3.26. The number of hydrogen-bond donors (Lipinski definition) is 0. The number of likely N-dealkylation sites (tertiary alicyclic amines) is 1. The Balaban J connectivity index is 1.84. The maximum atomic E-state index is 13.3. The first-order valence-corrected chi connectivity index (χ1v) is 10.5. The summed E-state index contributed by atoms with van der Waals surface area (Å²) in [5.74, 6) is 0.162. The molecule has 1 atom stereocenters. The Hall–Kier alpha value is -2.89. The van der Waals surface area contributed by atoms with Crippen LogP contribution in [0.3, 0.4) is 0 Å². The molecule has 1 amide bonds. The molecule has 2 aromatic heterocycles. The predicted molar refractivity (Wildman–Crippen MR) is 115 cm³/mol. The highest BCUT2D eigenvalue weighted by Crippen LogP contribution is 2.29. The molecule has 1 aliphatic heterocycles. The van der Waals surface area contributed by atoms with Crippen LogP contribution >= 0.6 is 0 Å². The molecule has 0 saturated carbocycles. The lowest BCUT2D eigenvalue weighted by molar-refractivity contribution is -0.135. The summed E-state index contributed by atoms with van der Waals surface area (Å²) < 4.78 is 3.49. The average molecular weight is 393 g/mol. The lowest BCUT2D eigenvalue weighted by Gasteiger charge is -2.31. The van der Waals surface area contributed by atoms with Crippen LogP contribution in [0.4, 0.5) is 0 Å². The second-order valence-corrected chi connectivity index (χ2v) is 7.84. The van der Waals surface area contributed by atoms with E-state index in [1.807, 2.05) is 56.0 Å². The zero-order valence-corrected chi connectivity index (χ0v) is 17.4. The highest BCUT2D eigenvalue weighted by Gasteiger charge is 2.29. The molecule has 0 aliphatic carbocycles. The maximum Gasteiger partial charge on any atom is 0.281 e. The first-order chi connectivity index (χ1) is 14.0. The monoisotopic (exact) mass is 392 g/mol. The van der Waals surface area contributed by atoms with E-state index in [9.17, 15) is 9.59 Å². The number of hydrogen-bond acceptors (Lipinski definition) is 3. The second-order valence-electron chi connectivity index (χ2n) is 7.84. The predicted octanol–water partition coefficient (Wildman–Crippen LogP) is 3.77. The van der Waals surface area contributed by atoms with Gasteiger partial charge in [-0.1, -0.05) is 25.1 Å². The minimum absolute atomic E-state index is 0.145. The van der Waals surface area contributed by atoms with E-state index in [4.69, 9.17) is 0 Å². The van der Waals surface area contributed by atoms with Crippen molar-refractivity contribution in [3.05, 3.63) is 58.3 Å². The summed E-state index contributed by atoms with van der Waals surface area (Å²) in [4.78, 5) is 28.6. The van der Waals surface area contributed by atoms with Crippen LogP contribution < -0.4 is 5.56 Å². The second kappa shape index (κ2) is 7.85. The Bertz CT molecular complexity index is 1090. The fourth-order valence-electron chi connectivity index (χ4n) is 4.59. The molecular weight excluding hydrogens is 364 g/mol. The van der Waals surface area contributed by atoms with Crippen molar-refractivity contribution in [2.24, 2.45) is 0 Å². The van der Waals surface area contributed by atoms with E-state index in [2.05, 4.69) is 9.67 Å². The highest BCUT2D eigenvalue weighted by molar-refractivity contribution is 5.89. The third-order valence-electron chi connectivity index (χ3n) is 6.10. The van der Waals surface area contributed by atoms with Crippen LogP contribution in [0, 0.1) is 13.8 Å². The van der Waals surface area contributed by atoms with E-state index in [1.54, 1.807) is 6.20 Å². The van der Waals surface area contributed by atoms with Crippen molar-refractivity contribution in [1.82, 2.24) is 19.2 Å². The van der Waals surface area contributed by atoms with E-state index in [0.717, 1.165) is 48.4 Å². The van der Waals surface area contributed by atoms with Gasteiger partial charge in [0.2, 0.25) is 5.91 Å². The van der Waals surface area contributed by atoms with Crippen molar-refractivity contribution < 1.29 is 4.79 Å². The first kappa shape index (κ1) is 19.4. The van der Waals surface area contributed by atoms with Gasteiger partial charge < -0.3 is 9.47 Å². The molecule has 1 unspecified atom stereocenters. The van der Waals surface area contributed by atoms with Crippen molar-refractivity contribution in [2.75, 3.05) is 13.1 Å². The number of aryl methyl sites for hydroxylation is 2. The molecule has 1 aliphatic rings. The number of piperidine rings is 1. The van der Waals surface area contributed by atoms with Gasteiger partial charge >= 0.3 is 0 Å². The molecule has 0 N–H and O–H groups in total. The van der Waals surface area contributed by atoms with Crippen LogP contribution in [0.5, 0.6) is 0 Å². The Morgan fingerprint density at radius 3 is 2.41 bits per heavy atom. The normalized spacial score (nSPS) is 15.6. The van der Waals surface area contributed by atoms with Crippen molar-refractivity contribution in [3.8, 4) is 5.69 Å². The fraction of sp³-hybridized carbons (Fsp3) is 0.435. The number of nitrogens with zero attached hydrogens (tertiary/aromatic N) is 4. The molecule has 3 aromatic rings. The van der Waals surface area contributed by atoms with Crippen LogP contribution in [0.25, 0.3) is 16.5 Å². The van der Waals surface area contributed by atoms with Gasteiger partial charge in [0.15, 0.2) is 0 Å². The van der Waals surface area contributed by atoms with Crippen LogP contribution in [-0.2, 0) is 4.79 Å². The summed E-state index contributed by atoms with van der Waals surface area (Å²) in [5.41, 5.74) is 2.36. The average Bonchev–Trinajstić information content (AvgIpc) is 3.01.